The predicted octanol–water partition coefficient (Wildman–Crippen LogP) is 2.77. The summed E-state index contributed by atoms with van der Waals surface area (Å²) in [6.45, 7) is 1.98. The first kappa shape index (κ1) is 9.01. The van der Waals surface area contributed by atoms with E-state index in [1.165, 1.54) is 6.08 Å². The Morgan fingerprint density at radius 3 is 2.75 bits per heavy atom. The van der Waals surface area contributed by atoms with Gasteiger partial charge in [0.05, 0.1) is 0 Å². The fourth-order valence-electron chi connectivity index (χ4n) is 0.929. The number of halogens is 1. The Balaban J connectivity index is 2.89. The molecule has 0 aromatic heterocycles. The topological polar surface area (TPSA) is 17.1 Å². The SMILES string of the molecule is Cc1ccccc1/[14CH]=C\C(=O)Cl. The molecule has 62 valence electrons. The van der Waals surface area contributed by atoms with Crippen LogP contribution in [-0.4, -0.2) is 5.24 Å². The lowest BCUT2D eigenvalue weighted by atomic mass is 10.2. The first-order valence-electron chi connectivity index (χ1n) is 3.63. The Kier molecular flexibility index (Phi) is 3.06. The maximum Gasteiger partial charge on any atom is 0.245 e. The van der Waals surface area contributed by atoms with E-state index in [2.05, 4.69) is 0 Å². The lowest BCUT2D eigenvalue weighted by molar-refractivity contribution is -0.107. The first-order valence-corrected chi connectivity index (χ1v) is 4.01. The van der Waals surface area contributed by atoms with Crippen molar-refractivity contribution in [3.05, 3.63) is 41.5 Å². The molecule has 0 saturated heterocycles. The van der Waals surface area contributed by atoms with Crippen molar-refractivity contribution in [2.45, 2.75) is 6.92 Å². The summed E-state index contributed by atoms with van der Waals surface area (Å²) in [4.78, 5) is 10.4. The van der Waals surface area contributed by atoms with Gasteiger partial charge < -0.3 is 0 Å². The van der Waals surface area contributed by atoms with E-state index in [4.69, 9.17) is 11.6 Å². The molecule has 2 heteroatoms. The average Bonchev–Trinajstić information content (AvgIpc) is 2.03. The van der Waals surface area contributed by atoms with Crippen molar-refractivity contribution in [1.82, 2.24) is 0 Å². The lowest BCUT2D eigenvalue weighted by Crippen LogP contribution is -1.80. The van der Waals surface area contributed by atoms with E-state index in [-0.39, 0.29) is 0 Å². The molecule has 0 unspecified atom stereocenters. The third-order valence-corrected chi connectivity index (χ3v) is 1.71. The van der Waals surface area contributed by atoms with Gasteiger partial charge in [0.15, 0.2) is 0 Å². The first-order chi connectivity index (χ1) is 5.70. The van der Waals surface area contributed by atoms with E-state index in [1.807, 2.05) is 31.2 Å². The number of hydrogen-bond acceptors (Lipinski definition) is 1. The molecule has 0 atom stereocenters. The molecular formula is C10H9ClO. The van der Waals surface area contributed by atoms with Crippen LogP contribution in [0.3, 0.4) is 0 Å². The molecule has 12 heavy (non-hydrogen) atoms. The second-order valence-electron chi connectivity index (χ2n) is 2.49. The van der Waals surface area contributed by atoms with Gasteiger partial charge >= 0.3 is 0 Å². The number of carbonyl (C=O) groups is 1. The molecule has 0 N–H and O–H groups in total. The average molecular weight is 183 g/mol. The monoisotopic (exact) mass is 182 g/mol. The van der Waals surface area contributed by atoms with E-state index < -0.39 is 5.24 Å². The van der Waals surface area contributed by atoms with Crippen LogP contribution in [0.5, 0.6) is 0 Å². The van der Waals surface area contributed by atoms with Crippen LogP contribution >= 0.6 is 11.6 Å². The summed E-state index contributed by atoms with van der Waals surface area (Å²) in [6, 6.07) is 7.80. The Hall–Kier alpha value is -1.08. The van der Waals surface area contributed by atoms with Crippen LogP contribution in [-0.2, 0) is 4.79 Å². The Morgan fingerprint density at radius 1 is 1.50 bits per heavy atom. The fraction of sp³-hybridized carbons (Fsp3) is 0.100. The maximum absolute atomic E-state index is 10.4. The van der Waals surface area contributed by atoms with Crippen molar-refractivity contribution >= 4 is 22.9 Å². The van der Waals surface area contributed by atoms with E-state index in [0.717, 1.165) is 11.1 Å². The van der Waals surface area contributed by atoms with Gasteiger partial charge in [-0.1, -0.05) is 24.3 Å². The molecule has 1 rings (SSSR count). The van der Waals surface area contributed by atoms with E-state index in [9.17, 15) is 4.79 Å². The summed E-state index contributed by atoms with van der Waals surface area (Å²) in [7, 11) is 0. The van der Waals surface area contributed by atoms with Crippen LogP contribution in [0.15, 0.2) is 30.3 Å². The number of hydrogen-bond donors (Lipinski definition) is 0. The Morgan fingerprint density at radius 2 is 2.17 bits per heavy atom. The van der Waals surface area contributed by atoms with E-state index in [0.29, 0.717) is 0 Å². The van der Waals surface area contributed by atoms with Gasteiger partial charge in [-0.15, -0.1) is 0 Å². The number of aryl methyl sites for hydroxylation is 1. The number of allylic oxidation sites excluding steroid dienone is 1. The molecule has 0 aliphatic rings. The quantitative estimate of drug-likeness (QED) is 0.508. The van der Waals surface area contributed by atoms with Crippen molar-refractivity contribution in [2.75, 3.05) is 0 Å². The molecule has 0 fully saturated rings. The minimum atomic E-state index is -0.446. The molecule has 0 radical (unpaired) electrons. The van der Waals surface area contributed by atoms with E-state index in [1.54, 1.807) is 6.08 Å². The van der Waals surface area contributed by atoms with Gasteiger partial charge in [-0.25, -0.2) is 0 Å². The van der Waals surface area contributed by atoms with Gasteiger partial charge in [0, 0.05) is 0 Å². The second kappa shape index (κ2) is 4.07. The smallest absolute Gasteiger partial charge is 0.245 e. The number of benzene rings is 1. The zero-order chi connectivity index (χ0) is 8.97. The van der Waals surface area contributed by atoms with Crippen molar-refractivity contribution in [3.8, 4) is 0 Å². The summed E-state index contributed by atoms with van der Waals surface area (Å²) >= 11 is 5.15. The van der Waals surface area contributed by atoms with Crippen LogP contribution in [0.4, 0.5) is 0 Å². The molecule has 0 spiro atoms. The van der Waals surface area contributed by atoms with Gasteiger partial charge in [-0.3, -0.25) is 4.79 Å². The zero-order valence-electron chi connectivity index (χ0n) is 6.75. The Labute approximate surface area is 76.7 Å². The van der Waals surface area contributed by atoms with Crippen LogP contribution in [0.1, 0.15) is 11.1 Å². The van der Waals surface area contributed by atoms with Crippen LogP contribution in [0.2, 0.25) is 0 Å². The third-order valence-electron chi connectivity index (χ3n) is 1.58. The molecular weight excluding hydrogens is 174 g/mol. The molecule has 0 aliphatic carbocycles. The summed E-state index contributed by atoms with van der Waals surface area (Å²) in [6.07, 6.45) is 3.06. The van der Waals surface area contributed by atoms with Crippen molar-refractivity contribution < 1.29 is 4.79 Å². The summed E-state index contributed by atoms with van der Waals surface area (Å²) < 4.78 is 0. The normalized spacial score (nSPS) is 10.5. The highest BCUT2D eigenvalue weighted by molar-refractivity contribution is 6.66. The van der Waals surface area contributed by atoms with Gasteiger partial charge in [0.2, 0.25) is 5.24 Å². The minimum absolute atomic E-state index is 0.446. The standard InChI is InChI=1S/C10H9ClO/c1-8-4-2-3-5-9(8)6-7-10(11)12/h2-7H,1H3/b7-6-/i6+2. The second-order valence-corrected chi connectivity index (χ2v) is 2.87. The molecule has 1 aromatic rings. The van der Waals surface area contributed by atoms with Crippen molar-refractivity contribution in [3.63, 3.8) is 0 Å². The highest BCUT2D eigenvalue weighted by Gasteiger charge is 1.91. The Bertz CT molecular complexity index is 315. The van der Waals surface area contributed by atoms with Gasteiger partial charge in [0.1, 0.15) is 0 Å². The maximum atomic E-state index is 10.4. The lowest BCUT2D eigenvalue weighted by Gasteiger charge is -1.96. The molecule has 0 heterocycles. The van der Waals surface area contributed by atoms with Gasteiger partial charge in [0.25, 0.3) is 0 Å². The molecule has 0 bridgehead atoms. The largest absolute Gasteiger partial charge is 0.276 e. The fourth-order valence-corrected chi connectivity index (χ4v) is 0.992. The minimum Gasteiger partial charge on any atom is -0.276 e. The molecule has 0 aliphatic heterocycles. The summed E-state index contributed by atoms with van der Waals surface area (Å²) in [5.74, 6) is 0. The zero-order valence-corrected chi connectivity index (χ0v) is 7.51. The van der Waals surface area contributed by atoms with Crippen LogP contribution < -0.4 is 0 Å². The molecule has 1 aromatic carbocycles. The van der Waals surface area contributed by atoms with Crippen molar-refractivity contribution in [2.24, 2.45) is 0 Å². The van der Waals surface area contributed by atoms with Crippen molar-refractivity contribution in [1.29, 1.82) is 0 Å². The van der Waals surface area contributed by atoms with Crippen LogP contribution in [0.25, 0.3) is 6.08 Å². The third kappa shape index (κ3) is 2.51. The van der Waals surface area contributed by atoms with Crippen LogP contribution in [0, 0.1) is 6.92 Å². The van der Waals surface area contributed by atoms with Gasteiger partial charge in [-0.05, 0) is 41.8 Å². The molecule has 1 nitrogen and oxygen atoms in total. The highest BCUT2D eigenvalue weighted by Crippen LogP contribution is 2.08. The predicted molar refractivity (Wildman–Crippen MR) is 51.1 cm³/mol. The summed E-state index contributed by atoms with van der Waals surface area (Å²) in [5.41, 5.74) is 2.15. The number of rotatable bonds is 2. The molecule has 0 amide bonds. The summed E-state index contributed by atoms with van der Waals surface area (Å²) in [5, 5.41) is -0.446. The highest BCUT2D eigenvalue weighted by atomic mass is 35.5. The molecule has 0 saturated carbocycles. The van der Waals surface area contributed by atoms with E-state index >= 15 is 0 Å². The van der Waals surface area contributed by atoms with Gasteiger partial charge in [-0.2, -0.15) is 0 Å². The number of carbonyl (C=O) groups excluding carboxylic acids is 1.